The Morgan fingerprint density at radius 2 is 1.81 bits per heavy atom. The highest BCUT2D eigenvalue weighted by molar-refractivity contribution is 9.10. The SMILES string of the molecule is COc1cc2ncc(CN)c(NCc3c(F)cc(Br)cc3F)c2cc1F. The Morgan fingerprint density at radius 3 is 2.42 bits per heavy atom. The van der Waals surface area contributed by atoms with Crippen molar-refractivity contribution in [2.45, 2.75) is 13.1 Å². The second kappa shape index (κ2) is 7.51. The molecular weight excluding hydrogens is 411 g/mol. The van der Waals surface area contributed by atoms with Gasteiger partial charge in [-0.05, 0) is 18.2 Å². The van der Waals surface area contributed by atoms with E-state index >= 15 is 0 Å². The molecule has 8 heteroatoms. The number of pyridine rings is 1. The minimum Gasteiger partial charge on any atom is -0.494 e. The Kier molecular flexibility index (Phi) is 5.33. The molecule has 0 unspecified atom stereocenters. The van der Waals surface area contributed by atoms with E-state index in [0.717, 1.165) is 0 Å². The van der Waals surface area contributed by atoms with E-state index in [1.807, 2.05) is 0 Å². The van der Waals surface area contributed by atoms with E-state index < -0.39 is 17.5 Å². The quantitative estimate of drug-likeness (QED) is 0.631. The van der Waals surface area contributed by atoms with Crippen LogP contribution >= 0.6 is 15.9 Å². The molecule has 0 saturated carbocycles. The molecule has 0 aliphatic rings. The lowest BCUT2D eigenvalue weighted by Crippen LogP contribution is -2.10. The smallest absolute Gasteiger partial charge is 0.165 e. The van der Waals surface area contributed by atoms with Crippen molar-refractivity contribution in [1.82, 2.24) is 4.98 Å². The Balaban J connectivity index is 2.05. The van der Waals surface area contributed by atoms with Gasteiger partial charge in [-0.15, -0.1) is 0 Å². The van der Waals surface area contributed by atoms with Gasteiger partial charge in [-0.1, -0.05) is 15.9 Å². The van der Waals surface area contributed by atoms with Gasteiger partial charge in [0.05, 0.1) is 18.3 Å². The first-order chi connectivity index (χ1) is 12.4. The van der Waals surface area contributed by atoms with Gasteiger partial charge in [-0.3, -0.25) is 4.98 Å². The van der Waals surface area contributed by atoms with E-state index in [0.29, 0.717) is 26.6 Å². The number of fused-ring (bicyclic) bond motifs is 1. The van der Waals surface area contributed by atoms with Gasteiger partial charge >= 0.3 is 0 Å². The first-order valence-corrected chi connectivity index (χ1v) is 8.46. The topological polar surface area (TPSA) is 60.2 Å². The highest BCUT2D eigenvalue weighted by Crippen LogP contribution is 2.31. The van der Waals surface area contributed by atoms with Crippen LogP contribution in [0.1, 0.15) is 11.1 Å². The number of rotatable bonds is 5. The predicted molar refractivity (Wildman–Crippen MR) is 97.5 cm³/mol. The van der Waals surface area contributed by atoms with Gasteiger partial charge in [0.15, 0.2) is 11.6 Å². The number of hydrogen-bond donors (Lipinski definition) is 2. The highest BCUT2D eigenvalue weighted by Gasteiger charge is 2.15. The zero-order chi connectivity index (χ0) is 18.8. The second-order valence-corrected chi connectivity index (χ2v) is 6.48. The number of hydrogen-bond acceptors (Lipinski definition) is 4. The van der Waals surface area contributed by atoms with Crippen LogP contribution in [0.3, 0.4) is 0 Å². The Hall–Kier alpha value is -2.32. The lowest BCUT2D eigenvalue weighted by Gasteiger charge is -2.15. The fourth-order valence-electron chi connectivity index (χ4n) is 2.67. The Labute approximate surface area is 156 Å². The molecule has 1 aromatic heterocycles. The minimum absolute atomic E-state index is 0.0569. The van der Waals surface area contributed by atoms with E-state index in [1.165, 1.54) is 37.6 Å². The average molecular weight is 426 g/mol. The van der Waals surface area contributed by atoms with E-state index in [-0.39, 0.29) is 24.4 Å². The molecule has 3 rings (SSSR count). The largest absolute Gasteiger partial charge is 0.494 e. The van der Waals surface area contributed by atoms with E-state index in [2.05, 4.69) is 26.2 Å². The maximum atomic E-state index is 14.1. The molecule has 2 aromatic carbocycles. The Morgan fingerprint density at radius 1 is 1.12 bits per heavy atom. The van der Waals surface area contributed by atoms with Gasteiger partial charge < -0.3 is 15.8 Å². The molecule has 0 spiro atoms. The summed E-state index contributed by atoms with van der Waals surface area (Å²) in [5.41, 5.74) is 7.14. The maximum absolute atomic E-state index is 14.1. The highest BCUT2D eigenvalue weighted by atomic mass is 79.9. The van der Waals surface area contributed by atoms with E-state index in [4.69, 9.17) is 10.5 Å². The first-order valence-electron chi connectivity index (χ1n) is 7.67. The third-order valence-corrected chi connectivity index (χ3v) is 4.45. The first kappa shape index (κ1) is 18.5. The van der Waals surface area contributed by atoms with Gasteiger partial charge in [0.1, 0.15) is 11.6 Å². The molecule has 3 aromatic rings. The molecule has 0 radical (unpaired) electrons. The summed E-state index contributed by atoms with van der Waals surface area (Å²) in [5.74, 6) is -1.89. The van der Waals surface area contributed by atoms with Crippen LogP contribution in [-0.2, 0) is 13.1 Å². The van der Waals surface area contributed by atoms with E-state index in [1.54, 1.807) is 0 Å². The number of nitrogens with one attached hydrogen (secondary N) is 1. The van der Waals surface area contributed by atoms with Crippen LogP contribution < -0.4 is 15.8 Å². The average Bonchev–Trinajstić information content (AvgIpc) is 2.60. The standard InChI is InChI=1S/C18H15BrF3N3O/c1-26-17-5-16-11(4-15(17)22)18(9(6-23)7-24-16)25-8-12-13(20)2-10(19)3-14(12)21/h2-5,7H,6,8,23H2,1H3,(H,24,25). The summed E-state index contributed by atoms with van der Waals surface area (Å²) in [6.07, 6.45) is 1.54. The van der Waals surface area contributed by atoms with Crippen molar-refractivity contribution in [1.29, 1.82) is 0 Å². The molecule has 3 N–H and O–H groups in total. The minimum atomic E-state index is -0.690. The summed E-state index contributed by atoms with van der Waals surface area (Å²) >= 11 is 3.04. The zero-order valence-corrected chi connectivity index (χ0v) is 15.3. The number of nitrogens with two attached hydrogens (primary N) is 1. The number of halogens is 4. The molecule has 0 fully saturated rings. The number of anilines is 1. The number of aromatic nitrogens is 1. The molecule has 1 heterocycles. The van der Waals surface area contributed by atoms with Gasteiger partial charge in [-0.2, -0.15) is 0 Å². The van der Waals surface area contributed by atoms with Crippen LogP contribution in [0.4, 0.5) is 18.9 Å². The van der Waals surface area contributed by atoms with Crippen LogP contribution in [0, 0.1) is 17.5 Å². The number of ether oxygens (including phenoxy) is 1. The summed E-state index contributed by atoms with van der Waals surface area (Å²) in [5, 5.41) is 3.41. The molecule has 0 amide bonds. The summed E-state index contributed by atoms with van der Waals surface area (Å²) in [7, 11) is 1.36. The summed E-state index contributed by atoms with van der Waals surface area (Å²) in [6, 6.07) is 5.08. The molecule has 4 nitrogen and oxygen atoms in total. The number of nitrogens with zero attached hydrogens (tertiary/aromatic N) is 1. The maximum Gasteiger partial charge on any atom is 0.165 e. The lowest BCUT2D eigenvalue weighted by atomic mass is 10.1. The number of methoxy groups -OCH3 is 1. The third kappa shape index (κ3) is 3.47. The van der Waals surface area contributed by atoms with Crippen LogP contribution in [0.5, 0.6) is 5.75 Å². The third-order valence-electron chi connectivity index (χ3n) is 3.99. The van der Waals surface area contributed by atoms with Crippen molar-refractivity contribution in [3.05, 3.63) is 63.5 Å². The molecule has 0 saturated heterocycles. The Bertz CT molecular complexity index is 959. The van der Waals surface area contributed by atoms with Crippen molar-refractivity contribution in [2.75, 3.05) is 12.4 Å². The van der Waals surface area contributed by atoms with Gasteiger partial charge in [-0.25, -0.2) is 13.2 Å². The second-order valence-electron chi connectivity index (χ2n) is 5.57. The number of benzene rings is 2. The van der Waals surface area contributed by atoms with E-state index in [9.17, 15) is 13.2 Å². The summed E-state index contributed by atoms with van der Waals surface area (Å²) in [4.78, 5) is 4.24. The zero-order valence-electron chi connectivity index (χ0n) is 13.7. The summed E-state index contributed by atoms with van der Waals surface area (Å²) in [6.45, 7) is -0.00503. The van der Waals surface area contributed by atoms with Crippen molar-refractivity contribution >= 4 is 32.5 Å². The van der Waals surface area contributed by atoms with Crippen molar-refractivity contribution < 1.29 is 17.9 Å². The van der Waals surface area contributed by atoms with Crippen LogP contribution in [0.2, 0.25) is 0 Å². The molecule has 0 aliphatic heterocycles. The molecule has 0 bridgehead atoms. The van der Waals surface area contributed by atoms with Crippen LogP contribution in [0.15, 0.2) is 34.9 Å². The normalized spacial score (nSPS) is 11.0. The van der Waals surface area contributed by atoms with Gasteiger partial charge in [0.25, 0.3) is 0 Å². The fourth-order valence-corrected chi connectivity index (χ4v) is 3.07. The predicted octanol–water partition coefficient (Wildman–Crippen LogP) is 4.49. The fraction of sp³-hybridized carbons (Fsp3) is 0.167. The van der Waals surface area contributed by atoms with Crippen molar-refractivity contribution in [2.24, 2.45) is 5.73 Å². The van der Waals surface area contributed by atoms with Gasteiger partial charge in [0.2, 0.25) is 0 Å². The van der Waals surface area contributed by atoms with Crippen molar-refractivity contribution in [3.63, 3.8) is 0 Å². The lowest BCUT2D eigenvalue weighted by molar-refractivity contribution is 0.387. The molecular formula is C18H15BrF3N3O. The molecule has 136 valence electrons. The summed E-state index contributed by atoms with van der Waals surface area (Å²) < 4.78 is 47.5. The molecule has 0 atom stereocenters. The van der Waals surface area contributed by atoms with Crippen LogP contribution in [-0.4, -0.2) is 12.1 Å². The van der Waals surface area contributed by atoms with Crippen LogP contribution in [0.25, 0.3) is 10.9 Å². The van der Waals surface area contributed by atoms with Gasteiger partial charge in [0, 0.05) is 46.3 Å². The molecule has 0 aliphatic carbocycles. The monoisotopic (exact) mass is 425 g/mol. The van der Waals surface area contributed by atoms with Crippen molar-refractivity contribution in [3.8, 4) is 5.75 Å². The molecule has 26 heavy (non-hydrogen) atoms.